The van der Waals surface area contributed by atoms with Crippen LogP contribution in [0.5, 0.6) is 0 Å². The molecular formula is C9H10ClF2N5O. The highest BCUT2D eigenvalue weighted by molar-refractivity contribution is 6.18. The van der Waals surface area contributed by atoms with Gasteiger partial charge in [-0.2, -0.15) is 9.61 Å². The van der Waals surface area contributed by atoms with Crippen molar-refractivity contribution >= 4 is 23.1 Å². The zero-order chi connectivity index (χ0) is 13.1. The van der Waals surface area contributed by atoms with Crippen LogP contribution < -0.4 is 10.6 Å². The van der Waals surface area contributed by atoms with Crippen LogP contribution in [-0.2, 0) is 0 Å². The minimum absolute atomic E-state index is 0.187. The molecule has 18 heavy (non-hydrogen) atoms. The van der Waals surface area contributed by atoms with Gasteiger partial charge in [0.05, 0.1) is 6.54 Å². The fourth-order valence-electron chi connectivity index (χ4n) is 1.53. The molecule has 1 N–H and O–H groups in total. The van der Waals surface area contributed by atoms with E-state index in [4.69, 9.17) is 11.6 Å². The Hall–Kier alpha value is -1.70. The second-order valence-corrected chi connectivity index (χ2v) is 3.89. The molecule has 6 nitrogen and oxygen atoms in total. The van der Waals surface area contributed by atoms with Gasteiger partial charge in [0.25, 0.3) is 6.43 Å². The zero-order valence-electron chi connectivity index (χ0n) is 9.18. The lowest BCUT2D eigenvalue weighted by Gasteiger charge is -2.21. The number of nitrogens with zero attached hydrogens (tertiary/aromatic N) is 4. The van der Waals surface area contributed by atoms with Crippen LogP contribution in [-0.4, -0.2) is 45.2 Å². The van der Waals surface area contributed by atoms with E-state index in [0.717, 1.165) is 4.52 Å². The largest absolute Gasteiger partial charge is 0.364 e. The minimum atomic E-state index is -2.51. The van der Waals surface area contributed by atoms with E-state index in [1.807, 2.05) is 0 Å². The first kappa shape index (κ1) is 12.7. The van der Waals surface area contributed by atoms with Crippen LogP contribution in [0.4, 0.5) is 14.6 Å². The lowest BCUT2D eigenvalue weighted by atomic mass is 10.4. The molecule has 0 fully saturated rings. The summed E-state index contributed by atoms with van der Waals surface area (Å²) in [5, 5.41) is 9.86. The van der Waals surface area contributed by atoms with Crippen molar-refractivity contribution in [3.63, 3.8) is 0 Å². The molecule has 0 spiro atoms. The van der Waals surface area contributed by atoms with Gasteiger partial charge in [-0.05, 0) is 12.1 Å². The maximum atomic E-state index is 12.4. The quantitative estimate of drug-likeness (QED) is 0.818. The molecule has 2 rings (SSSR count). The van der Waals surface area contributed by atoms with E-state index in [0.29, 0.717) is 5.65 Å². The van der Waals surface area contributed by atoms with Gasteiger partial charge in [-0.15, -0.1) is 16.7 Å². The Bertz CT molecular complexity index is 584. The molecule has 0 saturated carbocycles. The maximum Gasteiger partial charge on any atom is 0.364 e. The molecule has 0 aliphatic carbocycles. The predicted octanol–water partition coefficient (Wildman–Crippen LogP) is 0.728. The van der Waals surface area contributed by atoms with Crippen LogP contribution in [0.3, 0.4) is 0 Å². The van der Waals surface area contributed by atoms with Crippen LogP contribution in [0.25, 0.3) is 5.65 Å². The van der Waals surface area contributed by atoms with Gasteiger partial charge < -0.3 is 4.90 Å². The number of nitrogens with one attached hydrogen (secondary N) is 1. The van der Waals surface area contributed by atoms with Gasteiger partial charge in [0.1, 0.15) is 5.82 Å². The Labute approximate surface area is 105 Å². The van der Waals surface area contributed by atoms with Crippen molar-refractivity contribution in [2.24, 2.45) is 0 Å². The Morgan fingerprint density at radius 2 is 2.28 bits per heavy atom. The molecule has 9 heteroatoms. The van der Waals surface area contributed by atoms with E-state index in [1.54, 1.807) is 0 Å². The summed E-state index contributed by atoms with van der Waals surface area (Å²) in [5.41, 5.74) is -0.193. The number of halogens is 3. The third-order valence-corrected chi connectivity index (χ3v) is 2.47. The molecule has 0 aliphatic heterocycles. The molecular weight excluding hydrogens is 268 g/mol. The molecule has 0 bridgehead atoms. The number of fused-ring (bicyclic) bond motifs is 1. The van der Waals surface area contributed by atoms with Gasteiger partial charge in [-0.1, -0.05) is 0 Å². The number of alkyl halides is 3. The average Bonchev–Trinajstić information content (AvgIpc) is 2.70. The smallest absolute Gasteiger partial charge is 0.348 e. The summed E-state index contributed by atoms with van der Waals surface area (Å²) in [6, 6.07) is 3.04. The van der Waals surface area contributed by atoms with Crippen LogP contribution in [0.15, 0.2) is 16.9 Å². The monoisotopic (exact) mass is 277 g/mol. The molecule has 0 unspecified atom stereocenters. The number of rotatable bonds is 5. The SMILES string of the molecule is O=c1[nH]nc2ccc(N(CCCl)CC(F)F)nn12. The fourth-order valence-corrected chi connectivity index (χ4v) is 1.73. The van der Waals surface area contributed by atoms with Gasteiger partial charge in [0, 0.05) is 12.4 Å². The normalized spacial score (nSPS) is 11.3. The van der Waals surface area contributed by atoms with Crippen molar-refractivity contribution in [1.82, 2.24) is 19.8 Å². The molecule has 0 radical (unpaired) electrons. The topological polar surface area (TPSA) is 66.3 Å². The van der Waals surface area contributed by atoms with Gasteiger partial charge in [-0.25, -0.2) is 18.7 Å². The Kier molecular flexibility index (Phi) is 3.75. The molecule has 0 atom stereocenters. The van der Waals surface area contributed by atoms with Crippen LogP contribution >= 0.6 is 11.6 Å². The molecule has 2 aromatic rings. The molecule has 0 saturated heterocycles. The summed E-state index contributed by atoms with van der Waals surface area (Å²) < 4.78 is 25.9. The standard InChI is InChI=1S/C9H10ClF2N5O/c10-3-4-16(5-6(11)12)8-2-1-7-13-14-9(18)17(7)15-8/h1-2,6H,3-5H2,(H,14,18). The third-order valence-electron chi connectivity index (χ3n) is 2.30. The van der Waals surface area contributed by atoms with E-state index >= 15 is 0 Å². The van der Waals surface area contributed by atoms with E-state index in [2.05, 4.69) is 15.3 Å². The van der Waals surface area contributed by atoms with Gasteiger partial charge in [0.15, 0.2) is 5.65 Å². The fraction of sp³-hybridized carbons (Fsp3) is 0.444. The van der Waals surface area contributed by atoms with E-state index in [-0.39, 0.29) is 18.2 Å². The second kappa shape index (κ2) is 5.30. The summed E-state index contributed by atoms with van der Waals surface area (Å²) in [7, 11) is 0. The first-order chi connectivity index (χ1) is 8.61. The number of H-pyrrole nitrogens is 1. The van der Waals surface area contributed by atoms with Crippen LogP contribution in [0.2, 0.25) is 0 Å². The lowest BCUT2D eigenvalue weighted by molar-refractivity contribution is 0.155. The number of hydrogen-bond donors (Lipinski definition) is 1. The highest BCUT2D eigenvalue weighted by Crippen LogP contribution is 2.12. The van der Waals surface area contributed by atoms with Gasteiger partial charge in [0.2, 0.25) is 0 Å². The van der Waals surface area contributed by atoms with Crippen molar-refractivity contribution in [2.45, 2.75) is 6.43 Å². The summed E-state index contributed by atoms with van der Waals surface area (Å²) >= 11 is 5.56. The molecule has 2 heterocycles. The minimum Gasteiger partial charge on any atom is -0.348 e. The second-order valence-electron chi connectivity index (χ2n) is 3.52. The molecule has 2 aromatic heterocycles. The third kappa shape index (κ3) is 2.58. The summed E-state index contributed by atoms with van der Waals surface area (Å²) in [4.78, 5) is 12.6. The molecule has 0 aliphatic rings. The van der Waals surface area contributed by atoms with Crippen LogP contribution in [0, 0.1) is 0 Å². The number of aromatic amines is 1. The van der Waals surface area contributed by atoms with Crippen molar-refractivity contribution < 1.29 is 8.78 Å². The molecule has 98 valence electrons. The highest BCUT2D eigenvalue weighted by atomic mass is 35.5. The summed E-state index contributed by atoms with van der Waals surface area (Å²) in [6.07, 6.45) is -2.51. The van der Waals surface area contributed by atoms with Crippen LogP contribution in [0.1, 0.15) is 0 Å². The van der Waals surface area contributed by atoms with Crippen molar-refractivity contribution in [3.8, 4) is 0 Å². The van der Waals surface area contributed by atoms with Crippen molar-refractivity contribution in [3.05, 3.63) is 22.6 Å². The summed E-state index contributed by atoms with van der Waals surface area (Å²) in [5.74, 6) is 0.444. The first-order valence-corrected chi connectivity index (χ1v) is 5.69. The average molecular weight is 278 g/mol. The Morgan fingerprint density at radius 1 is 1.50 bits per heavy atom. The van der Waals surface area contributed by atoms with E-state index < -0.39 is 18.7 Å². The molecule has 0 aromatic carbocycles. The number of anilines is 1. The highest BCUT2D eigenvalue weighted by Gasteiger charge is 2.14. The number of aromatic nitrogens is 4. The Morgan fingerprint density at radius 3 is 2.94 bits per heavy atom. The number of hydrogen-bond acceptors (Lipinski definition) is 4. The van der Waals surface area contributed by atoms with Gasteiger partial charge >= 0.3 is 5.69 Å². The van der Waals surface area contributed by atoms with E-state index in [9.17, 15) is 13.6 Å². The lowest BCUT2D eigenvalue weighted by Crippen LogP contribution is -2.32. The van der Waals surface area contributed by atoms with Gasteiger partial charge in [-0.3, -0.25) is 0 Å². The zero-order valence-corrected chi connectivity index (χ0v) is 9.94. The predicted molar refractivity (Wildman–Crippen MR) is 62.5 cm³/mol. The van der Waals surface area contributed by atoms with Crippen molar-refractivity contribution in [2.75, 3.05) is 23.9 Å². The van der Waals surface area contributed by atoms with E-state index in [1.165, 1.54) is 17.0 Å². The summed E-state index contributed by atoms with van der Waals surface area (Å²) in [6.45, 7) is -0.269. The Balaban J connectivity index is 2.36. The maximum absolute atomic E-state index is 12.4. The molecule has 0 amide bonds. The van der Waals surface area contributed by atoms with Crippen molar-refractivity contribution in [1.29, 1.82) is 0 Å². The first-order valence-electron chi connectivity index (χ1n) is 5.15.